The van der Waals surface area contributed by atoms with Gasteiger partial charge in [0.25, 0.3) is 0 Å². The fraction of sp³-hybridized carbons (Fsp3) is 1.00. The number of nitrogens with zero attached hydrogens (tertiary/aromatic N) is 1. The van der Waals surface area contributed by atoms with E-state index in [1.165, 1.54) is 32.4 Å². The van der Waals surface area contributed by atoms with E-state index in [9.17, 15) is 0 Å². The van der Waals surface area contributed by atoms with Gasteiger partial charge in [0.1, 0.15) is 0 Å². The Morgan fingerprint density at radius 3 is 2.67 bits per heavy atom. The molecule has 1 atom stereocenters. The summed E-state index contributed by atoms with van der Waals surface area (Å²) < 4.78 is 0. The predicted octanol–water partition coefficient (Wildman–Crippen LogP) is 1.88. The van der Waals surface area contributed by atoms with Gasteiger partial charge < -0.3 is 4.90 Å². The fourth-order valence-corrected chi connectivity index (χ4v) is 1.63. The molecule has 1 nitrogen and oxygen atoms in total. The van der Waals surface area contributed by atoms with Gasteiger partial charge in [0.15, 0.2) is 0 Å². The first-order valence-electron chi connectivity index (χ1n) is 4.08. The van der Waals surface area contributed by atoms with E-state index in [-0.39, 0.29) is 0 Å². The van der Waals surface area contributed by atoms with Crippen LogP contribution in [0.3, 0.4) is 0 Å². The van der Waals surface area contributed by atoms with Crippen molar-refractivity contribution in [1.29, 1.82) is 0 Å². The van der Waals surface area contributed by atoms with Gasteiger partial charge in [-0.1, -0.05) is 13.3 Å². The minimum Gasteiger partial charge on any atom is -0.301 e. The normalized spacial score (nSPS) is 30.7. The molecule has 1 rings (SSSR count). The van der Waals surface area contributed by atoms with E-state index in [0.717, 1.165) is 6.04 Å². The van der Waals surface area contributed by atoms with Gasteiger partial charge in [0, 0.05) is 6.04 Å². The Morgan fingerprint density at radius 1 is 1.44 bits per heavy atom. The average Bonchev–Trinajstić information content (AvgIpc) is 1.89. The van der Waals surface area contributed by atoms with Crippen LogP contribution in [0.1, 0.15) is 33.1 Å². The first kappa shape index (κ1) is 7.07. The highest BCUT2D eigenvalue weighted by atomic mass is 15.1. The molecule has 1 heterocycles. The Bertz CT molecular complexity index is 80.6. The lowest BCUT2D eigenvalue weighted by Gasteiger charge is -2.31. The zero-order chi connectivity index (χ0) is 6.69. The van der Waals surface area contributed by atoms with Crippen LogP contribution in [0, 0.1) is 0 Å². The summed E-state index contributed by atoms with van der Waals surface area (Å²) in [7, 11) is 0. The number of hydrogen-bond donors (Lipinski definition) is 0. The lowest BCUT2D eigenvalue weighted by molar-refractivity contribution is 0.169. The van der Waals surface area contributed by atoms with Crippen LogP contribution in [0.25, 0.3) is 0 Å². The molecule has 0 radical (unpaired) electrons. The van der Waals surface area contributed by atoms with Crippen LogP contribution in [-0.4, -0.2) is 24.0 Å². The Labute approximate surface area is 58.0 Å². The molecule has 1 saturated heterocycles. The lowest BCUT2D eigenvalue weighted by atomic mass is 10.0. The van der Waals surface area contributed by atoms with Gasteiger partial charge in [-0.25, -0.2) is 0 Å². The maximum Gasteiger partial charge on any atom is 0.00668 e. The van der Waals surface area contributed by atoms with Crippen molar-refractivity contribution >= 4 is 0 Å². The van der Waals surface area contributed by atoms with Crippen LogP contribution in [0.2, 0.25) is 0 Å². The van der Waals surface area contributed by atoms with E-state index in [2.05, 4.69) is 18.7 Å². The summed E-state index contributed by atoms with van der Waals surface area (Å²) in [5, 5.41) is 0. The summed E-state index contributed by atoms with van der Waals surface area (Å²) in [5.41, 5.74) is 0. The number of piperidine rings is 1. The highest BCUT2D eigenvalue weighted by molar-refractivity contribution is 4.70. The maximum atomic E-state index is 2.56. The fourth-order valence-electron chi connectivity index (χ4n) is 1.63. The van der Waals surface area contributed by atoms with Crippen molar-refractivity contribution in [2.75, 3.05) is 13.1 Å². The van der Waals surface area contributed by atoms with Crippen molar-refractivity contribution in [2.24, 2.45) is 0 Å². The van der Waals surface area contributed by atoms with Crippen LogP contribution in [0.4, 0.5) is 0 Å². The average molecular weight is 127 g/mol. The van der Waals surface area contributed by atoms with E-state index < -0.39 is 0 Å². The zero-order valence-corrected chi connectivity index (χ0v) is 6.56. The van der Waals surface area contributed by atoms with Crippen LogP contribution in [0.5, 0.6) is 0 Å². The molecule has 1 fully saturated rings. The smallest absolute Gasteiger partial charge is 0.00668 e. The molecule has 0 N–H and O–H groups in total. The molecule has 0 aromatic heterocycles. The third-order valence-corrected chi connectivity index (χ3v) is 2.35. The van der Waals surface area contributed by atoms with Crippen LogP contribution in [0.15, 0.2) is 0 Å². The van der Waals surface area contributed by atoms with Gasteiger partial charge >= 0.3 is 0 Å². The van der Waals surface area contributed by atoms with Crippen LogP contribution < -0.4 is 0 Å². The van der Waals surface area contributed by atoms with Gasteiger partial charge in [0.2, 0.25) is 0 Å². The number of hydrogen-bond acceptors (Lipinski definition) is 1. The van der Waals surface area contributed by atoms with E-state index in [4.69, 9.17) is 0 Å². The molecular formula is C8H17N. The lowest BCUT2D eigenvalue weighted by Crippen LogP contribution is -2.36. The molecule has 1 unspecified atom stereocenters. The molecule has 0 aromatic carbocycles. The summed E-state index contributed by atoms with van der Waals surface area (Å²) in [4.78, 5) is 2.56. The molecule has 54 valence electrons. The highest BCUT2D eigenvalue weighted by Crippen LogP contribution is 2.14. The van der Waals surface area contributed by atoms with Gasteiger partial charge in [0.05, 0.1) is 0 Å². The highest BCUT2D eigenvalue weighted by Gasteiger charge is 2.14. The Morgan fingerprint density at radius 2 is 2.22 bits per heavy atom. The van der Waals surface area contributed by atoms with E-state index in [0.29, 0.717) is 0 Å². The van der Waals surface area contributed by atoms with E-state index >= 15 is 0 Å². The molecule has 0 amide bonds. The molecule has 0 spiro atoms. The molecule has 1 heteroatoms. The molecule has 0 bridgehead atoms. The quantitative estimate of drug-likeness (QED) is 0.520. The van der Waals surface area contributed by atoms with Crippen molar-refractivity contribution < 1.29 is 0 Å². The molecule has 0 aromatic rings. The van der Waals surface area contributed by atoms with Crippen LogP contribution >= 0.6 is 0 Å². The van der Waals surface area contributed by atoms with Crippen molar-refractivity contribution in [3.8, 4) is 0 Å². The Kier molecular flexibility index (Phi) is 2.52. The summed E-state index contributed by atoms with van der Waals surface area (Å²) >= 11 is 0. The largest absolute Gasteiger partial charge is 0.301 e. The third-order valence-electron chi connectivity index (χ3n) is 2.35. The first-order chi connectivity index (χ1) is 4.34. The minimum atomic E-state index is 0.851. The van der Waals surface area contributed by atoms with Gasteiger partial charge in [-0.2, -0.15) is 0 Å². The second-order valence-electron chi connectivity index (χ2n) is 2.97. The number of likely N-dealkylation sites (tertiary alicyclic amines) is 1. The molecule has 0 aliphatic carbocycles. The minimum absolute atomic E-state index is 0.851. The molecule has 9 heavy (non-hydrogen) atoms. The van der Waals surface area contributed by atoms with Crippen molar-refractivity contribution in [3.63, 3.8) is 0 Å². The number of rotatable bonds is 1. The first-order valence-corrected chi connectivity index (χ1v) is 4.08. The van der Waals surface area contributed by atoms with Gasteiger partial charge in [-0.05, 0) is 32.9 Å². The van der Waals surface area contributed by atoms with Crippen LogP contribution in [-0.2, 0) is 0 Å². The zero-order valence-electron chi connectivity index (χ0n) is 6.56. The second kappa shape index (κ2) is 3.21. The Balaban J connectivity index is 2.30. The Hall–Kier alpha value is -0.0400. The molecule has 0 saturated carbocycles. The summed E-state index contributed by atoms with van der Waals surface area (Å²) in [6.45, 7) is 7.16. The van der Waals surface area contributed by atoms with Crippen molar-refractivity contribution in [3.05, 3.63) is 0 Å². The molecule has 1 aliphatic heterocycles. The van der Waals surface area contributed by atoms with E-state index in [1.807, 2.05) is 0 Å². The third kappa shape index (κ3) is 1.68. The molecular weight excluding hydrogens is 110 g/mol. The second-order valence-corrected chi connectivity index (χ2v) is 2.97. The van der Waals surface area contributed by atoms with Crippen molar-refractivity contribution in [2.45, 2.75) is 39.2 Å². The summed E-state index contributed by atoms with van der Waals surface area (Å²) in [6, 6.07) is 0.851. The summed E-state index contributed by atoms with van der Waals surface area (Å²) in [5.74, 6) is 0. The predicted molar refractivity (Wildman–Crippen MR) is 40.6 cm³/mol. The topological polar surface area (TPSA) is 3.24 Å². The maximum absolute atomic E-state index is 2.56. The van der Waals surface area contributed by atoms with Gasteiger partial charge in [-0.3, -0.25) is 0 Å². The van der Waals surface area contributed by atoms with Crippen molar-refractivity contribution in [1.82, 2.24) is 4.90 Å². The summed E-state index contributed by atoms with van der Waals surface area (Å²) in [6.07, 6.45) is 4.27. The van der Waals surface area contributed by atoms with Gasteiger partial charge in [-0.15, -0.1) is 0 Å². The van der Waals surface area contributed by atoms with E-state index in [1.54, 1.807) is 0 Å². The molecule has 1 aliphatic rings. The SMILES string of the molecule is CCN1CCCCC1C. The monoisotopic (exact) mass is 127 g/mol. The standard InChI is InChI=1S/C8H17N/c1-3-9-7-5-4-6-8(9)2/h8H,3-7H2,1-2H3.